The maximum Gasteiger partial charge on any atom is 0.174 e. The fourth-order valence-corrected chi connectivity index (χ4v) is 3.99. The Morgan fingerprint density at radius 2 is 1.79 bits per heavy atom. The molecule has 0 aliphatic rings. The first-order chi connectivity index (χ1) is 14.3. The molecule has 2 heterocycles. The van der Waals surface area contributed by atoms with Gasteiger partial charge in [0.15, 0.2) is 10.2 Å². The van der Waals surface area contributed by atoms with Gasteiger partial charge in [-0.1, -0.05) is 48.5 Å². The topological polar surface area (TPSA) is 65.6 Å². The smallest absolute Gasteiger partial charge is 0.174 e. The van der Waals surface area contributed by atoms with E-state index in [4.69, 9.17) is 4.42 Å². The second-order valence-electron chi connectivity index (χ2n) is 6.55. The monoisotopic (exact) mass is 393 g/mol. The van der Waals surface area contributed by atoms with Crippen molar-refractivity contribution in [3.05, 3.63) is 90.2 Å². The van der Waals surface area contributed by atoms with Crippen LogP contribution in [0.5, 0.6) is 0 Å². The summed E-state index contributed by atoms with van der Waals surface area (Å²) in [6, 6.07) is 28.1. The molecule has 0 saturated heterocycles. The molecule has 0 radical (unpaired) electrons. The number of nitrogens with one attached hydrogen (secondary N) is 1. The quantitative estimate of drug-likeness (QED) is 0.353. The van der Waals surface area contributed by atoms with E-state index in [2.05, 4.69) is 22.1 Å². The van der Waals surface area contributed by atoms with Crippen LogP contribution in [0.15, 0.2) is 93.5 Å². The van der Waals surface area contributed by atoms with Gasteiger partial charge in [-0.3, -0.25) is 0 Å². The molecule has 0 fully saturated rings. The summed E-state index contributed by atoms with van der Waals surface area (Å²) in [5.41, 5.74) is 3.34. The van der Waals surface area contributed by atoms with Crippen molar-refractivity contribution in [3.63, 3.8) is 0 Å². The first kappa shape index (κ1) is 17.4. The highest BCUT2D eigenvalue weighted by atomic mass is 32.2. The van der Waals surface area contributed by atoms with E-state index in [1.807, 2.05) is 72.8 Å². The Morgan fingerprint density at radius 1 is 0.966 bits per heavy atom. The largest absolute Gasteiger partial charge is 0.450 e. The summed E-state index contributed by atoms with van der Waals surface area (Å²) in [5, 5.41) is 13.4. The number of hydrogen-bond donors (Lipinski definition) is 1. The molecule has 0 bridgehead atoms. The molecule has 1 N–H and O–H groups in total. The molecule has 0 spiro atoms. The molecule has 3 aromatic carbocycles. The Hall–Kier alpha value is -3.75. The van der Waals surface area contributed by atoms with Crippen molar-refractivity contribution in [2.24, 2.45) is 0 Å². The molecule has 0 amide bonds. The van der Waals surface area contributed by atoms with E-state index in [9.17, 15) is 5.26 Å². The number of rotatable bonds is 4. The van der Waals surface area contributed by atoms with Crippen molar-refractivity contribution < 1.29 is 4.42 Å². The van der Waals surface area contributed by atoms with Gasteiger partial charge in [-0.05, 0) is 64.5 Å². The van der Waals surface area contributed by atoms with Gasteiger partial charge in [-0.2, -0.15) is 5.26 Å². The Balaban J connectivity index is 1.42. The van der Waals surface area contributed by atoms with Crippen molar-refractivity contribution in [2.75, 3.05) is 0 Å². The molecule has 29 heavy (non-hydrogen) atoms. The van der Waals surface area contributed by atoms with E-state index in [0.717, 1.165) is 32.5 Å². The molecule has 4 nitrogen and oxygen atoms in total. The molecule has 0 saturated carbocycles. The SMILES string of the molecule is N#C/C(=C/c1ccc(Sc2nc3ccccc3[nH]2)o1)c1ccc2ccccc2c1. The Kier molecular flexibility index (Phi) is 4.39. The zero-order valence-electron chi connectivity index (χ0n) is 15.3. The van der Waals surface area contributed by atoms with E-state index >= 15 is 0 Å². The molecule has 5 heteroatoms. The van der Waals surface area contributed by atoms with E-state index < -0.39 is 0 Å². The Morgan fingerprint density at radius 3 is 2.66 bits per heavy atom. The second kappa shape index (κ2) is 7.34. The molecule has 138 valence electrons. The third-order valence-electron chi connectivity index (χ3n) is 4.63. The van der Waals surface area contributed by atoms with Crippen LogP contribution in [0.25, 0.3) is 33.5 Å². The van der Waals surface area contributed by atoms with Gasteiger partial charge in [-0.25, -0.2) is 4.98 Å². The van der Waals surface area contributed by atoms with Crippen LogP contribution in [0.3, 0.4) is 0 Å². The molecule has 0 aliphatic heterocycles. The van der Waals surface area contributed by atoms with Gasteiger partial charge in [0.25, 0.3) is 0 Å². The Labute approximate surface area is 171 Å². The molecular weight excluding hydrogens is 378 g/mol. The van der Waals surface area contributed by atoms with Crippen LogP contribution in [0.2, 0.25) is 0 Å². The predicted molar refractivity (Wildman–Crippen MR) is 116 cm³/mol. The van der Waals surface area contributed by atoms with Crippen LogP contribution in [-0.4, -0.2) is 9.97 Å². The van der Waals surface area contributed by atoms with Gasteiger partial charge >= 0.3 is 0 Å². The van der Waals surface area contributed by atoms with Crippen LogP contribution in [-0.2, 0) is 0 Å². The molecule has 0 unspecified atom stereocenters. The van der Waals surface area contributed by atoms with Crippen LogP contribution in [0, 0.1) is 11.3 Å². The fraction of sp³-hybridized carbons (Fsp3) is 0. The highest BCUT2D eigenvalue weighted by molar-refractivity contribution is 7.99. The van der Waals surface area contributed by atoms with Crippen LogP contribution in [0.1, 0.15) is 11.3 Å². The average Bonchev–Trinajstić information content (AvgIpc) is 3.37. The van der Waals surface area contributed by atoms with Crippen LogP contribution < -0.4 is 0 Å². The number of allylic oxidation sites excluding steroid dienone is 1. The highest BCUT2D eigenvalue weighted by Crippen LogP contribution is 2.30. The summed E-state index contributed by atoms with van der Waals surface area (Å²) in [6.07, 6.45) is 1.77. The number of para-hydroxylation sites is 2. The minimum atomic E-state index is 0.561. The third-order valence-corrected chi connectivity index (χ3v) is 5.44. The van der Waals surface area contributed by atoms with Gasteiger partial charge in [0.1, 0.15) is 5.76 Å². The van der Waals surface area contributed by atoms with Gasteiger partial charge < -0.3 is 9.40 Å². The van der Waals surface area contributed by atoms with E-state index in [-0.39, 0.29) is 0 Å². The number of nitriles is 1. The van der Waals surface area contributed by atoms with Crippen molar-refractivity contribution in [1.82, 2.24) is 9.97 Å². The molecule has 5 rings (SSSR count). The van der Waals surface area contributed by atoms with Crippen LogP contribution in [0.4, 0.5) is 0 Å². The zero-order valence-corrected chi connectivity index (χ0v) is 16.1. The number of nitrogens with zero attached hydrogens (tertiary/aromatic N) is 2. The molecule has 5 aromatic rings. The standard InChI is InChI=1S/C24H15N3OS/c25-15-19(18-10-9-16-5-1-2-6-17(16)13-18)14-20-11-12-23(28-20)29-24-26-21-7-3-4-8-22(21)27-24/h1-14H,(H,26,27)/b19-14-. The van der Waals surface area contributed by atoms with Crippen LogP contribution >= 0.6 is 11.8 Å². The summed E-state index contributed by atoms with van der Waals surface area (Å²) < 4.78 is 5.90. The van der Waals surface area contributed by atoms with Crippen molar-refractivity contribution in [3.8, 4) is 6.07 Å². The lowest BCUT2D eigenvalue weighted by Gasteiger charge is -2.02. The number of fused-ring (bicyclic) bond motifs is 2. The van der Waals surface area contributed by atoms with Gasteiger partial charge in [0.2, 0.25) is 0 Å². The normalized spacial score (nSPS) is 11.8. The lowest BCUT2D eigenvalue weighted by atomic mass is 10.0. The van der Waals surface area contributed by atoms with Crippen molar-refractivity contribution >= 4 is 45.2 Å². The van der Waals surface area contributed by atoms with Crippen molar-refractivity contribution in [1.29, 1.82) is 5.26 Å². The number of aromatic amines is 1. The minimum absolute atomic E-state index is 0.561. The highest BCUT2D eigenvalue weighted by Gasteiger charge is 2.09. The lowest BCUT2D eigenvalue weighted by Crippen LogP contribution is -1.82. The maximum atomic E-state index is 9.66. The number of imidazole rings is 1. The predicted octanol–water partition coefficient (Wildman–Crippen LogP) is 6.52. The third kappa shape index (κ3) is 3.54. The maximum absolute atomic E-state index is 9.66. The van der Waals surface area contributed by atoms with Gasteiger partial charge in [-0.15, -0.1) is 0 Å². The summed E-state index contributed by atoms with van der Waals surface area (Å²) in [6.45, 7) is 0. The summed E-state index contributed by atoms with van der Waals surface area (Å²) in [7, 11) is 0. The fourth-order valence-electron chi connectivity index (χ4n) is 3.22. The van der Waals surface area contributed by atoms with Gasteiger partial charge in [0, 0.05) is 0 Å². The minimum Gasteiger partial charge on any atom is -0.450 e. The average molecular weight is 393 g/mol. The summed E-state index contributed by atoms with van der Waals surface area (Å²) in [5.74, 6) is 0.633. The zero-order chi connectivity index (χ0) is 19.6. The first-order valence-corrected chi connectivity index (χ1v) is 9.93. The lowest BCUT2D eigenvalue weighted by molar-refractivity contribution is 0.466. The molecule has 0 atom stereocenters. The molecular formula is C24H15N3OS. The van der Waals surface area contributed by atoms with E-state index in [0.29, 0.717) is 16.4 Å². The summed E-state index contributed by atoms with van der Waals surface area (Å²) >= 11 is 1.42. The van der Waals surface area contributed by atoms with Gasteiger partial charge in [0.05, 0.1) is 22.7 Å². The molecule has 0 aliphatic carbocycles. The number of hydrogen-bond acceptors (Lipinski definition) is 4. The van der Waals surface area contributed by atoms with E-state index in [1.165, 1.54) is 11.8 Å². The molecule has 2 aromatic heterocycles. The van der Waals surface area contributed by atoms with E-state index in [1.54, 1.807) is 6.08 Å². The number of furan rings is 1. The Bertz CT molecular complexity index is 1370. The number of aromatic nitrogens is 2. The number of benzene rings is 3. The summed E-state index contributed by atoms with van der Waals surface area (Å²) in [4.78, 5) is 7.82. The second-order valence-corrected chi connectivity index (χ2v) is 7.54. The number of H-pyrrole nitrogens is 1. The first-order valence-electron chi connectivity index (χ1n) is 9.12. The van der Waals surface area contributed by atoms with Crippen molar-refractivity contribution in [2.45, 2.75) is 10.2 Å².